The van der Waals surface area contributed by atoms with E-state index in [1.807, 2.05) is 32.9 Å². The molecule has 0 fully saturated rings. The van der Waals surface area contributed by atoms with Gasteiger partial charge in [-0.2, -0.15) is 0 Å². The van der Waals surface area contributed by atoms with Gasteiger partial charge in [0.15, 0.2) is 0 Å². The molecule has 1 N–H and O–H groups in total. The zero-order valence-electron chi connectivity index (χ0n) is 12.0. The van der Waals surface area contributed by atoms with Crippen molar-refractivity contribution < 1.29 is 0 Å². The highest BCUT2D eigenvalue weighted by atomic mass is 79.9. The smallest absolute Gasteiger partial charge is 0.297 e. The van der Waals surface area contributed by atoms with Crippen molar-refractivity contribution in [3.63, 3.8) is 0 Å². The molecule has 0 spiro atoms. The quantitative estimate of drug-likeness (QED) is 0.834. The van der Waals surface area contributed by atoms with E-state index in [0.717, 1.165) is 4.47 Å². The van der Waals surface area contributed by atoms with E-state index in [9.17, 15) is 9.59 Å². The number of hydrogen-bond acceptors (Lipinski definition) is 2. The van der Waals surface area contributed by atoms with E-state index in [-0.39, 0.29) is 22.7 Å². The van der Waals surface area contributed by atoms with Gasteiger partial charge in [-0.3, -0.25) is 14.3 Å². The number of benzene rings is 1. The first kappa shape index (κ1) is 16.0. The second-order valence-corrected chi connectivity index (χ2v) is 6.58. The van der Waals surface area contributed by atoms with Crippen LogP contribution in [-0.4, -0.2) is 9.55 Å². The van der Waals surface area contributed by atoms with Crippen LogP contribution in [0.2, 0.25) is 5.15 Å². The van der Waals surface area contributed by atoms with Gasteiger partial charge in [-0.25, -0.2) is 4.79 Å². The molecule has 0 aliphatic heterocycles. The molecule has 0 bridgehead atoms. The lowest BCUT2D eigenvalue weighted by molar-refractivity contribution is 0.385. The molecule has 1 aromatic carbocycles. The van der Waals surface area contributed by atoms with E-state index < -0.39 is 5.69 Å². The average molecular weight is 372 g/mol. The topological polar surface area (TPSA) is 54.9 Å². The minimum atomic E-state index is -0.482. The molecule has 0 radical (unpaired) electrons. The summed E-state index contributed by atoms with van der Waals surface area (Å²) >= 11 is 9.46. The Labute approximate surface area is 135 Å². The Bertz CT molecular complexity index is 780. The predicted molar refractivity (Wildman–Crippen MR) is 89.0 cm³/mol. The first-order valence-corrected chi connectivity index (χ1v) is 7.80. The summed E-state index contributed by atoms with van der Waals surface area (Å²) in [6, 6.07) is 7.04. The van der Waals surface area contributed by atoms with Crippen LogP contribution >= 0.6 is 27.5 Å². The molecule has 1 unspecified atom stereocenters. The maximum Gasteiger partial charge on any atom is 0.329 e. The van der Waals surface area contributed by atoms with Gasteiger partial charge in [0, 0.05) is 10.5 Å². The van der Waals surface area contributed by atoms with Crippen molar-refractivity contribution in [1.29, 1.82) is 0 Å². The van der Waals surface area contributed by atoms with Crippen molar-refractivity contribution in [2.45, 2.75) is 26.8 Å². The van der Waals surface area contributed by atoms with Crippen LogP contribution in [0.5, 0.6) is 0 Å². The van der Waals surface area contributed by atoms with E-state index in [1.54, 1.807) is 12.1 Å². The van der Waals surface area contributed by atoms with Crippen LogP contribution in [0.1, 0.15) is 26.8 Å². The maximum absolute atomic E-state index is 12.7. The van der Waals surface area contributed by atoms with E-state index in [2.05, 4.69) is 20.9 Å². The van der Waals surface area contributed by atoms with E-state index in [4.69, 9.17) is 11.6 Å². The third-order valence-corrected chi connectivity index (χ3v) is 4.35. The second-order valence-electron chi connectivity index (χ2n) is 5.29. The minimum Gasteiger partial charge on any atom is -0.297 e. The zero-order valence-corrected chi connectivity index (χ0v) is 14.3. The second kappa shape index (κ2) is 6.20. The molecule has 1 aromatic heterocycles. The first-order chi connectivity index (χ1) is 9.82. The van der Waals surface area contributed by atoms with E-state index >= 15 is 0 Å². The van der Waals surface area contributed by atoms with Gasteiger partial charge in [-0.1, -0.05) is 53.5 Å². The molecule has 0 saturated carbocycles. The van der Waals surface area contributed by atoms with Crippen LogP contribution in [0.4, 0.5) is 0 Å². The average Bonchev–Trinajstić information content (AvgIpc) is 2.37. The largest absolute Gasteiger partial charge is 0.329 e. The molecule has 2 aromatic rings. The minimum absolute atomic E-state index is 0.0651. The van der Waals surface area contributed by atoms with Gasteiger partial charge in [0.1, 0.15) is 5.15 Å². The number of aromatic nitrogens is 2. The van der Waals surface area contributed by atoms with Gasteiger partial charge in [-0.05, 0) is 30.5 Å². The van der Waals surface area contributed by atoms with Crippen molar-refractivity contribution in [3.05, 3.63) is 54.7 Å². The summed E-state index contributed by atoms with van der Waals surface area (Å²) < 4.78 is 2.07. The van der Waals surface area contributed by atoms with Crippen LogP contribution in [0, 0.1) is 5.92 Å². The van der Waals surface area contributed by atoms with Crippen molar-refractivity contribution in [3.8, 4) is 11.1 Å². The van der Waals surface area contributed by atoms with Gasteiger partial charge < -0.3 is 0 Å². The molecule has 0 saturated heterocycles. The fourth-order valence-electron chi connectivity index (χ4n) is 2.09. The lowest BCUT2D eigenvalue weighted by Gasteiger charge is -2.19. The Morgan fingerprint density at radius 3 is 2.48 bits per heavy atom. The number of aromatic amines is 1. The number of hydrogen-bond donors (Lipinski definition) is 1. The van der Waals surface area contributed by atoms with Crippen molar-refractivity contribution in [2.75, 3.05) is 0 Å². The highest BCUT2D eigenvalue weighted by Crippen LogP contribution is 2.25. The molecule has 0 aliphatic rings. The monoisotopic (exact) mass is 370 g/mol. The zero-order chi connectivity index (χ0) is 15.7. The molecule has 4 nitrogen and oxygen atoms in total. The lowest BCUT2D eigenvalue weighted by Crippen LogP contribution is -2.39. The summed E-state index contributed by atoms with van der Waals surface area (Å²) in [7, 11) is 0. The Kier molecular flexibility index (Phi) is 4.74. The number of nitrogens with zero attached hydrogens (tertiary/aromatic N) is 1. The number of nitrogens with one attached hydrogen (secondary N) is 1. The van der Waals surface area contributed by atoms with E-state index in [0.29, 0.717) is 11.1 Å². The number of halogens is 2. The molecule has 1 atom stereocenters. The maximum atomic E-state index is 12.7. The molecule has 0 amide bonds. The molecular weight excluding hydrogens is 356 g/mol. The van der Waals surface area contributed by atoms with Crippen LogP contribution < -0.4 is 11.2 Å². The molecular formula is C15H16BrClN2O2. The summed E-state index contributed by atoms with van der Waals surface area (Å²) in [6.45, 7) is 5.77. The Morgan fingerprint density at radius 1 is 1.24 bits per heavy atom. The summed E-state index contributed by atoms with van der Waals surface area (Å²) in [4.78, 5) is 27.3. The van der Waals surface area contributed by atoms with Crippen molar-refractivity contribution in [2.24, 2.45) is 5.92 Å². The van der Waals surface area contributed by atoms with Gasteiger partial charge in [-0.15, -0.1) is 0 Å². The van der Waals surface area contributed by atoms with Crippen LogP contribution in [0.25, 0.3) is 11.1 Å². The Balaban J connectivity index is 2.77. The van der Waals surface area contributed by atoms with Crippen molar-refractivity contribution >= 4 is 27.5 Å². The lowest BCUT2D eigenvalue weighted by atomic mass is 10.1. The molecule has 2 rings (SSSR count). The third kappa shape index (κ3) is 3.14. The standard InChI is InChI=1S/C15H16BrClN2O2/c1-8(2)9(3)19-14(20)12(13(17)18-15(19)21)10-5-4-6-11(16)7-10/h4-9H,1-3H3,(H,18,21). The highest BCUT2D eigenvalue weighted by molar-refractivity contribution is 9.10. The number of rotatable bonds is 3. The summed E-state index contributed by atoms with van der Waals surface area (Å²) in [6.07, 6.45) is 0. The fourth-order valence-corrected chi connectivity index (χ4v) is 2.76. The van der Waals surface area contributed by atoms with Gasteiger partial charge >= 0.3 is 5.69 Å². The highest BCUT2D eigenvalue weighted by Gasteiger charge is 2.20. The molecule has 6 heteroatoms. The van der Waals surface area contributed by atoms with Crippen LogP contribution in [-0.2, 0) is 0 Å². The van der Waals surface area contributed by atoms with Gasteiger partial charge in [0.25, 0.3) is 5.56 Å². The first-order valence-electron chi connectivity index (χ1n) is 6.63. The van der Waals surface area contributed by atoms with Gasteiger partial charge in [0.2, 0.25) is 0 Å². The summed E-state index contributed by atoms with van der Waals surface area (Å²) in [5, 5.41) is 0.0651. The summed E-state index contributed by atoms with van der Waals surface area (Å²) in [5.41, 5.74) is 0.124. The number of H-pyrrole nitrogens is 1. The molecule has 112 valence electrons. The predicted octanol–water partition coefficient (Wildman–Crippen LogP) is 3.84. The van der Waals surface area contributed by atoms with Crippen molar-refractivity contribution in [1.82, 2.24) is 9.55 Å². The Morgan fingerprint density at radius 2 is 1.90 bits per heavy atom. The molecule has 0 aliphatic carbocycles. The van der Waals surface area contributed by atoms with Gasteiger partial charge in [0.05, 0.1) is 5.56 Å². The normalized spacial score (nSPS) is 12.7. The Hall–Kier alpha value is -1.33. The fraction of sp³-hybridized carbons (Fsp3) is 0.333. The van der Waals surface area contributed by atoms with Crippen LogP contribution in [0.15, 0.2) is 38.3 Å². The SMILES string of the molecule is CC(C)C(C)n1c(=O)[nH]c(Cl)c(-c2cccc(Br)c2)c1=O. The molecule has 21 heavy (non-hydrogen) atoms. The van der Waals surface area contributed by atoms with Crippen LogP contribution in [0.3, 0.4) is 0 Å². The van der Waals surface area contributed by atoms with E-state index in [1.165, 1.54) is 4.57 Å². The summed E-state index contributed by atoms with van der Waals surface area (Å²) in [5.74, 6) is 0.153. The third-order valence-electron chi connectivity index (χ3n) is 3.57. The molecule has 1 heterocycles.